The molecule has 0 spiro atoms. The van der Waals surface area contributed by atoms with E-state index < -0.39 is 11.4 Å². The number of aliphatic carboxylic acids is 1. The van der Waals surface area contributed by atoms with Gasteiger partial charge in [-0.15, -0.1) is 0 Å². The van der Waals surface area contributed by atoms with Gasteiger partial charge in [-0.1, -0.05) is 0 Å². The van der Waals surface area contributed by atoms with Crippen molar-refractivity contribution in [2.24, 2.45) is 11.3 Å². The zero-order chi connectivity index (χ0) is 13.8. The fourth-order valence-corrected chi connectivity index (χ4v) is 4.32. The Balaban J connectivity index is 1.71. The number of hydrogen-bond donors (Lipinski definition) is 1. The molecule has 4 aliphatic rings. The molecule has 0 aromatic heterocycles. The summed E-state index contributed by atoms with van der Waals surface area (Å²) in [7, 11) is 0. The Morgan fingerprint density at radius 1 is 1.26 bits per heavy atom. The van der Waals surface area contributed by atoms with E-state index in [1.165, 1.54) is 0 Å². The van der Waals surface area contributed by atoms with E-state index in [1.807, 2.05) is 11.8 Å². The summed E-state index contributed by atoms with van der Waals surface area (Å²) in [6.45, 7) is 5.06. The summed E-state index contributed by atoms with van der Waals surface area (Å²) in [6.07, 6.45) is 2.84. The molecule has 4 fully saturated rings. The second kappa shape index (κ2) is 3.95. The quantitative estimate of drug-likeness (QED) is 0.818. The zero-order valence-electron chi connectivity index (χ0n) is 11.5. The average Bonchev–Trinajstić information content (AvgIpc) is 2.78. The van der Waals surface area contributed by atoms with Gasteiger partial charge in [0, 0.05) is 20.0 Å². The second-order valence-electron chi connectivity index (χ2n) is 6.65. The van der Waals surface area contributed by atoms with Gasteiger partial charge in [-0.25, -0.2) is 0 Å². The predicted molar refractivity (Wildman–Crippen MR) is 67.6 cm³/mol. The van der Waals surface area contributed by atoms with Crippen molar-refractivity contribution in [3.8, 4) is 0 Å². The summed E-state index contributed by atoms with van der Waals surface area (Å²) < 4.78 is 6.04. The van der Waals surface area contributed by atoms with Gasteiger partial charge in [0.1, 0.15) is 0 Å². The molecule has 1 atom stereocenters. The number of piperidine rings is 1. The van der Waals surface area contributed by atoms with Crippen molar-refractivity contribution in [1.82, 2.24) is 4.90 Å². The van der Waals surface area contributed by atoms with E-state index in [0.717, 1.165) is 25.9 Å². The van der Waals surface area contributed by atoms with Crippen LogP contribution in [0.3, 0.4) is 0 Å². The third kappa shape index (κ3) is 1.78. The molecule has 3 aliphatic heterocycles. The summed E-state index contributed by atoms with van der Waals surface area (Å²) in [5, 5.41) is 9.52. The number of rotatable bonds is 2. The van der Waals surface area contributed by atoms with Crippen LogP contribution in [0.4, 0.5) is 0 Å². The smallest absolute Gasteiger partial charge is 0.312 e. The Hall–Kier alpha value is -1.10. The molecule has 1 N–H and O–H groups in total. The first kappa shape index (κ1) is 12.9. The van der Waals surface area contributed by atoms with Crippen LogP contribution >= 0.6 is 0 Å². The molecule has 19 heavy (non-hydrogen) atoms. The zero-order valence-corrected chi connectivity index (χ0v) is 11.5. The maximum atomic E-state index is 11.6. The van der Waals surface area contributed by atoms with Gasteiger partial charge in [0.25, 0.3) is 0 Å². The number of hydrogen-bond acceptors (Lipinski definition) is 3. The van der Waals surface area contributed by atoms with Crippen molar-refractivity contribution >= 4 is 11.9 Å². The minimum Gasteiger partial charge on any atom is -0.481 e. The number of likely N-dealkylation sites (tertiary alicyclic amines) is 1. The molecule has 2 bridgehead atoms. The second-order valence-corrected chi connectivity index (χ2v) is 6.65. The number of carbonyl (C=O) groups is 2. The lowest BCUT2D eigenvalue weighted by Crippen LogP contribution is -2.51. The summed E-state index contributed by atoms with van der Waals surface area (Å²) in [6, 6.07) is 0. The molecular weight excluding hydrogens is 246 g/mol. The van der Waals surface area contributed by atoms with E-state index in [9.17, 15) is 14.7 Å². The topological polar surface area (TPSA) is 66.8 Å². The number of nitrogens with zero attached hydrogens (tertiary/aromatic N) is 1. The van der Waals surface area contributed by atoms with Crippen molar-refractivity contribution in [3.05, 3.63) is 0 Å². The SMILES string of the molecule is CC(=O)N1CCC(C2OC3(C)CC2(C(=O)O)C3)CC1. The van der Waals surface area contributed by atoms with E-state index in [1.54, 1.807) is 6.92 Å². The lowest BCUT2D eigenvalue weighted by Gasteiger charge is -2.42. The lowest BCUT2D eigenvalue weighted by atomic mass is 9.58. The molecule has 1 aliphatic carbocycles. The minimum atomic E-state index is -0.707. The van der Waals surface area contributed by atoms with Crippen LogP contribution in [-0.2, 0) is 14.3 Å². The highest BCUT2D eigenvalue weighted by molar-refractivity contribution is 5.78. The molecule has 1 amide bonds. The van der Waals surface area contributed by atoms with E-state index in [4.69, 9.17) is 4.74 Å². The van der Waals surface area contributed by atoms with Crippen molar-refractivity contribution in [2.45, 2.75) is 51.2 Å². The molecule has 0 radical (unpaired) electrons. The molecule has 3 heterocycles. The maximum absolute atomic E-state index is 11.6. The Bertz CT molecular complexity index is 419. The van der Waals surface area contributed by atoms with E-state index in [0.29, 0.717) is 12.8 Å². The number of carboxylic acid groups (broad SMARTS) is 1. The van der Waals surface area contributed by atoms with Gasteiger partial charge >= 0.3 is 5.97 Å². The number of fused-ring (bicyclic) bond motifs is 1. The fraction of sp³-hybridized carbons (Fsp3) is 0.857. The number of amides is 1. The van der Waals surface area contributed by atoms with Crippen LogP contribution in [0.1, 0.15) is 39.5 Å². The summed E-state index contributed by atoms with van der Waals surface area (Å²) in [5.41, 5.74) is -0.876. The Morgan fingerprint density at radius 3 is 2.32 bits per heavy atom. The predicted octanol–water partition coefficient (Wildman–Crippen LogP) is 1.27. The maximum Gasteiger partial charge on any atom is 0.312 e. The minimum absolute atomic E-state index is 0.106. The van der Waals surface area contributed by atoms with Crippen LogP contribution in [-0.4, -0.2) is 46.7 Å². The van der Waals surface area contributed by atoms with Crippen LogP contribution in [0.5, 0.6) is 0 Å². The third-order valence-electron chi connectivity index (χ3n) is 5.17. The van der Waals surface area contributed by atoms with Gasteiger partial charge in [-0.05, 0) is 38.5 Å². The highest BCUT2D eigenvalue weighted by Crippen LogP contribution is 2.63. The van der Waals surface area contributed by atoms with Gasteiger partial charge < -0.3 is 14.7 Å². The Kier molecular flexibility index (Phi) is 2.68. The average molecular weight is 267 g/mol. The van der Waals surface area contributed by atoms with Crippen LogP contribution in [0, 0.1) is 11.3 Å². The van der Waals surface area contributed by atoms with Crippen LogP contribution in [0.2, 0.25) is 0 Å². The van der Waals surface area contributed by atoms with E-state index in [-0.39, 0.29) is 23.5 Å². The molecule has 5 heteroatoms. The molecule has 1 unspecified atom stereocenters. The molecule has 0 aromatic carbocycles. The molecule has 5 nitrogen and oxygen atoms in total. The fourth-order valence-electron chi connectivity index (χ4n) is 4.32. The Labute approximate surface area is 112 Å². The van der Waals surface area contributed by atoms with Crippen molar-refractivity contribution in [1.29, 1.82) is 0 Å². The highest BCUT2D eigenvalue weighted by Gasteiger charge is 2.71. The van der Waals surface area contributed by atoms with Gasteiger partial charge in [0.15, 0.2) is 0 Å². The molecule has 3 saturated heterocycles. The van der Waals surface area contributed by atoms with Crippen molar-refractivity contribution in [3.63, 3.8) is 0 Å². The van der Waals surface area contributed by atoms with E-state index in [2.05, 4.69) is 0 Å². The summed E-state index contributed by atoms with van der Waals surface area (Å²) in [5.74, 6) is -0.326. The van der Waals surface area contributed by atoms with Crippen LogP contribution in [0.15, 0.2) is 0 Å². The van der Waals surface area contributed by atoms with Crippen LogP contribution < -0.4 is 0 Å². The van der Waals surface area contributed by atoms with Gasteiger partial charge in [-0.2, -0.15) is 0 Å². The van der Waals surface area contributed by atoms with Crippen LogP contribution in [0.25, 0.3) is 0 Å². The molecule has 4 rings (SSSR count). The monoisotopic (exact) mass is 267 g/mol. The molecule has 106 valence electrons. The largest absolute Gasteiger partial charge is 0.481 e. The van der Waals surface area contributed by atoms with Gasteiger partial charge in [0.05, 0.1) is 17.1 Å². The first-order valence-electron chi connectivity index (χ1n) is 7.03. The lowest BCUT2D eigenvalue weighted by molar-refractivity contribution is -0.156. The van der Waals surface area contributed by atoms with Crippen molar-refractivity contribution in [2.75, 3.05) is 13.1 Å². The normalized spacial score (nSPS) is 42.0. The highest BCUT2D eigenvalue weighted by atomic mass is 16.5. The summed E-state index contributed by atoms with van der Waals surface area (Å²) in [4.78, 5) is 24.7. The number of ether oxygens (including phenoxy) is 1. The standard InChI is InChI=1S/C14H21NO4/c1-9(16)15-5-3-10(4-6-15)11-14(12(17)18)7-13(2,8-14)19-11/h10-11H,3-8H2,1-2H3,(H,17,18). The first-order valence-corrected chi connectivity index (χ1v) is 7.03. The van der Waals surface area contributed by atoms with E-state index >= 15 is 0 Å². The number of carbonyl (C=O) groups excluding carboxylic acids is 1. The van der Waals surface area contributed by atoms with Gasteiger partial charge in [-0.3, -0.25) is 9.59 Å². The third-order valence-corrected chi connectivity index (χ3v) is 5.17. The molecule has 0 aromatic rings. The van der Waals surface area contributed by atoms with Crippen molar-refractivity contribution < 1.29 is 19.4 Å². The molecule has 1 saturated carbocycles. The first-order chi connectivity index (χ1) is 8.86. The summed E-state index contributed by atoms with van der Waals surface area (Å²) >= 11 is 0. The Morgan fingerprint density at radius 2 is 1.84 bits per heavy atom. The van der Waals surface area contributed by atoms with Gasteiger partial charge in [0.2, 0.25) is 5.91 Å². The number of carboxylic acids is 1. The molecular formula is C14H21NO4.